The quantitative estimate of drug-likeness (QED) is 0.491. The fourth-order valence-electron chi connectivity index (χ4n) is 6.10. The number of hydrogen-bond donors (Lipinski definition) is 1. The van der Waals surface area contributed by atoms with Crippen molar-refractivity contribution in [1.29, 1.82) is 0 Å². The Balaban J connectivity index is 1.62. The van der Waals surface area contributed by atoms with E-state index in [1.165, 1.54) is 0 Å². The summed E-state index contributed by atoms with van der Waals surface area (Å²) in [4.78, 5) is 16.8. The molecule has 0 bridgehead atoms. The SMILES string of the molecule is CC(C)[Si]1(C(C)C)OC[C@H]2O[C@@H](N3C=CCN(C(=O)c4ccccc4)C3)[C@H](O)[C@@H]2O[Si](C(C)C)(C(C)C)O1. The molecule has 8 nitrogen and oxygen atoms in total. The van der Waals surface area contributed by atoms with Crippen LogP contribution in [0.3, 0.4) is 0 Å². The lowest BCUT2D eigenvalue weighted by atomic mass is 10.1. The molecular formula is C28H46N2O6Si2. The minimum Gasteiger partial charge on any atom is -0.414 e. The summed E-state index contributed by atoms with van der Waals surface area (Å²) in [5.41, 5.74) is 1.43. The van der Waals surface area contributed by atoms with Gasteiger partial charge in [-0.1, -0.05) is 73.6 Å². The standard InChI is InChI=1S/C28H46N2O6Si2/c1-19(2)37(20(3)4)33-17-24-26(35-38(36-37,21(5)6)22(7)8)25(31)28(34-24)30-16-12-15-29(18-30)27(32)23-13-10-9-11-14-23/h9-14,16,19-22,24-26,28,31H,15,17-18H2,1-8H3/t24-,25-,26-,28-/m1/s1. The number of rotatable bonds is 6. The zero-order valence-corrected chi connectivity index (χ0v) is 26.2. The minimum atomic E-state index is -2.87. The molecule has 1 N–H and O–H groups in total. The number of hydrogen-bond acceptors (Lipinski definition) is 7. The largest absolute Gasteiger partial charge is 0.414 e. The van der Waals surface area contributed by atoms with Crippen LogP contribution in [0, 0.1) is 0 Å². The van der Waals surface area contributed by atoms with Gasteiger partial charge in [0.05, 0.1) is 13.3 Å². The van der Waals surface area contributed by atoms with Crippen molar-refractivity contribution in [3.05, 3.63) is 48.2 Å². The summed E-state index contributed by atoms with van der Waals surface area (Å²) in [6.45, 7) is 18.6. The molecule has 0 unspecified atom stereocenters. The van der Waals surface area contributed by atoms with E-state index in [4.69, 9.17) is 17.7 Å². The van der Waals surface area contributed by atoms with Crippen LogP contribution in [0.25, 0.3) is 0 Å². The fourth-order valence-corrected chi connectivity index (χ4v) is 17.3. The van der Waals surface area contributed by atoms with Crippen molar-refractivity contribution in [2.75, 3.05) is 19.8 Å². The monoisotopic (exact) mass is 562 g/mol. The zero-order chi connectivity index (χ0) is 27.8. The lowest BCUT2D eigenvalue weighted by molar-refractivity contribution is -0.0929. The summed E-state index contributed by atoms with van der Waals surface area (Å²) >= 11 is 0. The second-order valence-corrected chi connectivity index (χ2v) is 20.9. The van der Waals surface area contributed by atoms with Crippen LogP contribution >= 0.6 is 0 Å². The lowest BCUT2D eigenvalue weighted by Crippen LogP contribution is -2.66. The predicted octanol–water partition coefficient (Wildman–Crippen LogP) is 4.96. The molecule has 38 heavy (non-hydrogen) atoms. The van der Waals surface area contributed by atoms with Gasteiger partial charge in [-0.2, -0.15) is 0 Å². The normalized spacial score (nSPS) is 29.2. The van der Waals surface area contributed by atoms with Gasteiger partial charge < -0.3 is 32.6 Å². The van der Waals surface area contributed by atoms with Crippen molar-refractivity contribution < 1.29 is 27.6 Å². The van der Waals surface area contributed by atoms with Crippen molar-refractivity contribution in [3.8, 4) is 0 Å². The van der Waals surface area contributed by atoms with Crippen LogP contribution in [0.4, 0.5) is 0 Å². The number of carbonyl (C=O) groups is 1. The first-order valence-electron chi connectivity index (χ1n) is 14.0. The fraction of sp³-hybridized carbons (Fsp3) is 0.679. The van der Waals surface area contributed by atoms with Crippen LogP contribution in [-0.4, -0.2) is 82.3 Å². The summed E-state index contributed by atoms with van der Waals surface area (Å²) in [7, 11) is -5.56. The molecule has 0 aliphatic carbocycles. The molecule has 3 heterocycles. The first kappa shape index (κ1) is 29.4. The Kier molecular flexibility index (Phi) is 8.93. The Morgan fingerprint density at radius 1 is 0.947 bits per heavy atom. The van der Waals surface area contributed by atoms with Crippen LogP contribution in [0.2, 0.25) is 22.2 Å². The van der Waals surface area contributed by atoms with E-state index >= 15 is 0 Å². The van der Waals surface area contributed by atoms with E-state index in [0.29, 0.717) is 25.4 Å². The summed E-state index contributed by atoms with van der Waals surface area (Å²) in [5, 5.41) is 11.6. The van der Waals surface area contributed by atoms with Gasteiger partial charge in [0.15, 0.2) is 6.23 Å². The molecule has 1 amide bonds. The second-order valence-electron chi connectivity index (χ2n) is 12.0. The molecule has 212 valence electrons. The molecule has 0 radical (unpaired) electrons. The molecule has 10 heteroatoms. The van der Waals surface area contributed by atoms with Crippen LogP contribution in [0.5, 0.6) is 0 Å². The highest BCUT2D eigenvalue weighted by Crippen LogP contribution is 2.47. The van der Waals surface area contributed by atoms with Crippen LogP contribution in [0.15, 0.2) is 42.6 Å². The molecule has 0 spiro atoms. The van der Waals surface area contributed by atoms with Crippen LogP contribution in [0.1, 0.15) is 65.7 Å². The second kappa shape index (κ2) is 11.5. The van der Waals surface area contributed by atoms with Gasteiger partial charge in [-0.3, -0.25) is 4.79 Å². The predicted molar refractivity (Wildman–Crippen MR) is 152 cm³/mol. The van der Waals surface area contributed by atoms with Gasteiger partial charge >= 0.3 is 17.1 Å². The molecule has 0 saturated carbocycles. The number of aliphatic hydroxyl groups excluding tert-OH is 1. The van der Waals surface area contributed by atoms with E-state index in [1.54, 1.807) is 4.90 Å². The van der Waals surface area contributed by atoms with Crippen molar-refractivity contribution in [3.63, 3.8) is 0 Å². The number of fused-ring (bicyclic) bond motifs is 1. The summed E-state index contributed by atoms with van der Waals surface area (Å²) in [5.74, 6) is -0.0536. The van der Waals surface area contributed by atoms with Gasteiger partial charge in [0.25, 0.3) is 5.91 Å². The highest BCUT2D eigenvalue weighted by atomic mass is 28.5. The molecular weight excluding hydrogens is 516 g/mol. The van der Waals surface area contributed by atoms with Crippen LogP contribution in [-0.2, 0) is 17.7 Å². The summed E-state index contributed by atoms with van der Waals surface area (Å²) < 4.78 is 27.6. The topological polar surface area (TPSA) is 80.7 Å². The van der Waals surface area contributed by atoms with Gasteiger partial charge in [0, 0.05) is 18.3 Å². The Morgan fingerprint density at radius 3 is 2.13 bits per heavy atom. The van der Waals surface area contributed by atoms with Crippen molar-refractivity contribution in [1.82, 2.24) is 9.80 Å². The van der Waals surface area contributed by atoms with E-state index < -0.39 is 41.7 Å². The maximum atomic E-state index is 13.1. The number of nitrogens with zero attached hydrogens (tertiary/aromatic N) is 2. The van der Waals surface area contributed by atoms with Gasteiger partial charge in [0.2, 0.25) is 0 Å². The molecule has 4 atom stereocenters. The van der Waals surface area contributed by atoms with E-state index in [0.717, 1.165) is 0 Å². The van der Waals surface area contributed by atoms with Gasteiger partial charge in [-0.05, 0) is 40.4 Å². The number of amides is 1. The van der Waals surface area contributed by atoms with E-state index in [2.05, 4.69) is 55.4 Å². The van der Waals surface area contributed by atoms with Crippen LogP contribution < -0.4 is 0 Å². The van der Waals surface area contributed by atoms with Gasteiger partial charge in [0.1, 0.15) is 18.3 Å². The molecule has 1 aromatic rings. The van der Waals surface area contributed by atoms with Gasteiger partial charge in [-0.25, -0.2) is 0 Å². The first-order chi connectivity index (χ1) is 17.9. The number of ether oxygens (including phenoxy) is 1. The molecule has 3 aliphatic rings. The Labute approximate surface area is 230 Å². The summed E-state index contributed by atoms with van der Waals surface area (Å²) in [6.07, 6.45) is 1.26. The lowest BCUT2D eigenvalue weighted by Gasteiger charge is -2.51. The molecule has 2 saturated heterocycles. The van der Waals surface area contributed by atoms with Crippen molar-refractivity contribution in [2.45, 2.75) is 102 Å². The van der Waals surface area contributed by atoms with Crippen molar-refractivity contribution in [2.24, 2.45) is 0 Å². The smallest absolute Gasteiger partial charge is 0.335 e. The Bertz CT molecular complexity index is 973. The van der Waals surface area contributed by atoms with E-state index in [9.17, 15) is 9.90 Å². The minimum absolute atomic E-state index is 0.0536. The third-order valence-electron chi connectivity index (χ3n) is 8.23. The Hall–Kier alpha value is -1.54. The third kappa shape index (κ3) is 5.28. The van der Waals surface area contributed by atoms with Gasteiger partial charge in [-0.15, -0.1) is 0 Å². The van der Waals surface area contributed by atoms with E-state index in [-0.39, 0.29) is 28.1 Å². The molecule has 0 aromatic heterocycles. The van der Waals surface area contributed by atoms with E-state index in [1.807, 2.05) is 47.5 Å². The molecule has 4 rings (SSSR count). The van der Waals surface area contributed by atoms with Crippen molar-refractivity contribution >= 4 is 23.0 Å². The number of carbonyl (C=O) groups excluding carboxylic acids is 1. The number of benzene rings is 1. The Morgan fingerprint density at radius 2 is 1.55 bits per heavy atom. The third-order valence-corrected chi connectivity index (χ3v) is 18.5. The zero-order valence-electron chi connectivity index (χ0n) is 24.2. The maximum absolute atomic E-state index is 13.1. The maximum Gasteiger partial charge on any atom is 0.335 e. The average molecular weight is 563 g/mol. The number of aliphatic hydroxyl groups is 1. The first-order valence-corrected chi connectivity index (χ1v) is 18.0. The molecule has 1 aromatic carbocycles. The highest BCUT2D eigenvalue weighted by Gasteiger charge is 2.62. The molecule has 2 fully saturated rings. The average Bonchev–Trinajstić information content (AvgIpc) is 3.17. The summed E-state index contributed by atoms with van der Waals surface area (Å²) in [6, 6.07) is 9.26. The molecule has 3 aliphatic heterocycles. The highest BCUT2D eigenvalue weighted by molar-refractivity contribution is 6.84.